The number of aromatic nitrogens is 1. The summed E-state index contributed by atoms with van der Waals surface area (Å²) in [6.45, 7) is 0.430. The van der Waals surface area contributed by atoms with Crippen molar-refractivity contribution >= 4 is 33.8 Å². The molecule has 1 atom stereocenters. The fraction of sp³-hybridized carbons (Fsp3) is 0.417. The van der Waals surface area contributed by atoms with Crippen molar-refractivity contribution in [3.05, 3.63) is 30.1 Å². The second kappa shape index (κ2) is 6.44. The zero-order valence-electron chi connectivity index (χ0n) is 11.1. The lowest BCUT2D eigenvalue weighted by Gasteiger charge is -2.46. The van der Waals surface area contributed by atoms with Gasteiger partial charge in [-0.15, -0.1) is 0 Å². The van der Waals surface area contributed by atoms with Gasteiger partial charge in [0, 0.05) is 19.3 Å². The largest absolute Gasteiger partial charge is 0.507 e. The van der Waals surface area contributed by atoms with E-state index in [4.69, 9.17) is 14.9 Å². The van der Waals surface area contributed by atoms with Gasteiger partial charge in [-0.05, 0) is 29.2 Å². The van der Waals surface area contributed by atoms with Crippen LogP contribution in [0.3, 0.4) is 0 Å². The smallest absolute Gasteiger partial charge is 0.465 e. The first-order chi connectivity index (χ1) is 9.99. The van der Waals surface area contributed by atoms with Crippen LogP contribution in [0.5, 0.6) is 0 Å². The Kier molecular flexibility index (Phi) is 4.84. The summed E-state index contributed by atoms with van der Waals surface area (Å²) in [4.78, 5) is 26.2. The van der Waals surface area contributed by atoms with Gasteiger partial charge in [0.15, 0.2) is 0 Å². The fourth-order valence-electron chi connectivity index (χ4n) is 2.17. The average molecular weight is 330 g/mol. The van der Waals surface area contributed by atoms with Gasteiger partial charge < -0.3 is 19.8 Å². The first-order valence-electron chi connectivity index (χ1n) is 6.02. The Morgan fingerprint density at radius 2 is 2.14 bits per heavy atom. The first kappa shape index (κ1) is 15.8. The van der Waals surface area contributed by atoms with Crippen molar-refractivity contribution in [2.75, 3.05) is 19.3 Å². The Bertz CT molecular complexity index is 524. The number of amides is 1. The summed E-state index contributed by atoms with van der Waals surface area (Å²) < 4.78 is 5.17. The summed E-state index contributed by atoms with van der Waals surface area (Å²) in [5, 5.41) is 18.0. The third kappa shape index (κ3) is 3.18. The number of carboxylic acid groups (broad SMARTS) is 2. The van der Waals surface area contributed by atoms with Crippen LogP contribution in [-0.4, -0.2) is 51.7 Å². The van der Waals surface area contributed by atoms with Gasteiger partial charge in [-0.1, -0.05) is 16.9 Å². The highest BCUT2D eigenvalue weighted by Gasteiger charge is 2.53. The number of hydrogen-bond donors (Lipinski definition) is 2. The first-order valence-corrected chi connectivity index (χ1v) is 8.58. The minimum absolute atomic E-state index is 0.215. The van der Waals surface area contributed by atoms with Crippen LogP contribution in [0.25, 0.3) is 0 Å². The Hall–Kier alpha value is -1.61. The van der Waals surface area contributed by atoms with E-state index in [9.17, 15) is 9.59 Å². The van der Waals surface area contributed by atoms with Gasteiger partial charge in [-0.25, -0.2) is 9.59 Å². The molecule has 1 amide bonds. The minimum atomic E-state index is -1.41. The van der Waals surface area contributed by atoms with Crippen LogP contribution >= 0.6 is 21.6 Å². The highest BCUT2D eigenvalue weighted by Crippen LogP contribution is 2.51. The van der Waals surface area contributed by atoms with E-state index < -0.39 is 17.2 Å². The number of carbonyl (C=O) groups is 2. The third-order valence-corrected chi connectivity index (χ3v) is 5.44. The van der Waals surface area contributed by atoms with Gasteiger partial charge in [0.05, 0.1) is 11.6 Å². The summed E-state index contributed by atoms with van der Waals surface area (Å²) in [7, 11) is 2.59. The van der Waals surface area contributed by atoms with E-state index in [1.54, 1.807) is 30.7 Å². The van der Waals surface area contributed by atoms with E-state index in [2.05, 4.69) is 4.98 Å². The van der Waals surface area contributed by atoms with Crippen molar-refractivity contribution in [2.24, 2.45) is 5.92 Å². The number of nitrogens with zero attached hydrogens (tertiary/aromatic N) is 2. The molecule has 0 aromatic carbocycles. The molecule has 0 radical (unpaired) electrons. The minimum Gasteiger partial charge on any atom is -0.465 e. The quantitative estimate of drug-likeness (QED) is 0.483. The molecule has 1 saturated heterocycles. The van der Waals surface area contributed by atoms with Crippen molar-refractivity contribution in [1.82, 2.24) is 9.88 Å². The molecule has 0 spiro atoms. The maximum absolute atomic E-state index is 11.1. The number of ether oxygens (including phenoxy) is 1. The second-order valence-electron chi connectivity index (χ2n) is 4.38. The summed E-state index contributed by atoms with van der Waals surface area (Å²) >= 11 is 0. The molecule has 114 valence electrons. The molecule has 9 heteroatoms. The maximum atomic E-state index is 11.1. The molecule has 2 rings (SSSR count). The van der Waals surface area contributed by atoms with E-state index in [1.165, 1.54) is 26.5 Å². The molecule has 21 heavy (non-hydrogen) atoms. The van der Waals surface area contributed by atoms with E-state index in [1.807, 2.05) is 0 Å². The molecule has 1 aromatic heterocycles. The van der Waals surface area contributed by atoms with Crippen molar-refractivity contribution in [2.45, 2.75) is 4.93 Å². The molecule has 1 aliphatic rings. The topological polar surface area (TPSA) is 100.0 Å². The average Bonchev–Trinajstić information content (AvgIpc) is 2.36. The lowest BCUT2D eigenvalue weighted by atomic mass is 9.90. The van der Waals surface area contributed by atoms with E-state index in [0.717, 1.165) is 0 Å². The lowest BCUT2D eigenvalue weighted by Crippen LogP contribution is -2.58. The molecule has 1 fully saturated rings. The molecule has 1 aliphatic heterocycles. The molecular weight excluding hydrogens is 316 g/mol. The summed E-state index contributed by atoms with van der Waals surface area (Å²) in [6, 6.07) is 5.16. The SMILES string of the molecule is CSSC(OC(=O)O)(c1ccccn1)C1CN(C(=O)O)C1. The zero-order chi connectivity index (χ0) is 15.5. The highest BCUT2D eigenvalue weighted by atomic mass is 33.1. The summed E-state index contributed by atoms with van der Waals surface area (Å²) in [6.07, 6.45) is 0.937. The van der Waals surface area contributed by atoms with Crippen LogP contribution in [0, 0.1) is 5.92 Å². The van der Waals surface area contributed by atoms with Crippen LogP contribution in [0.4, 0.5) is 9.59 Å². The Morgan fingerprint density at radius 1 is 1.43 bits per heavy atom. The van der Waals surface area contributed by atoms with E-state index in [-0.39, 0.29) is 19.0 Å². The molecule has 2 heterocycles. The monoisotopic (exact) mass is 330 g/mol. The van der Waals surface area contributed by atoms with Crippen LogP contribution in [0.2, 0.25) is 0 Å². The number of likely N-dealkylation sites (tertiary alicyclic amines) is 1. The molecular formula is C12H14N2O5S2. The number of rotatable bonds is 5. The molecule has 0 saturated carbocycles. The summed E-state index contributed by atoms with van der Waals surface area (Å²) in [5.74, 6) is -0.281. The fourth-order valence-corrected chi connectivity index (χ4v) is 4.52. The molecule has 0 aliphatic carbocycles. The molecule has 2 N–H and O–H groups in total. The van der Waals surface area contributed by atoms with Crippen LogP contribution in [0.15, 0.2) is 24.4 Å². The van der Waals surface area contributed by atoms with Gasteiger partial charge in [-0.2, -0.15) is 0 Å². The predicted molar refractivity (Wildman–Crippen MR) is 79.2 cm³/mol. The van der Waals surface area contributed by atoms with Crippen molar-refractivity contribution in [3.63, 3.8) is 0 Å². The van der Waals surface area contributed by atoms with Crippen LogP contribution in [0.1, 0.15) is 5.69 Å². The standard InChI is InChI=1S/C12H14N2O5S2/c1-20-21-12(19-11(17)18,9-4-2-3-5-13-9)8-6-14(7-8)10(15)16/h2-5,8H,6-7H2,1H3,(H,15,16)(H,17,18). The zero-order valence-corrected chi connectivity index (χ0v) is 12.8. The van der Waals surface area contributed by atoms with Crippen molar-refractivity contribution in [3.8, 4) is 0 Å². The van der Waals surface area contributed by atoms with Gasteiger partial charge in [-0.3, -0.25) is 4.98 Å². The molecule has 1 unspecified atom stereocenters. The van der Waals surface area contributed by atoms with Gasteiger partial charge >= 0.3 is 12.2 Å². The molecule has 1 aromatic rings. The van der Waals surface area contributed by atoms with Crippen LogP contribution in [-0.2, 0) is 9.67 Å². The second-order valence-corrected chi connectivity index (χ2v) is 6.99. The van der Waals surface area contributed by atoms with E-state index >= 15 is 0 Å². The Balaban J connectivity index is 2.33. The maximum Gasteiger partial charge on any atom is 0.507 e. The van der Waals surface area contributed by atoms with Crippen molar-refractivity contribution < 1.29 is 24.5 Å². The molecule has 0 bridgehead atoms. The molecule has 7 nitrogen and oxygen atoms in total. The lowest BCUT2D eigenvalue weighted by molar-refractivity contribution is -0.0486. The van der Waals surface area contributed by atoms with Gasteiger partial charge in [0.25, 0.3) is 0 Å². The third-order valence-electron chi connectivity index (χ3n) is 3.16. The normalized spacial score (nSPS) is 17.7. The Labute approximate surface area is 129 Å². The van der Waals surface area contributed by atoms with Gasteiger partial charge in [0.2, 0.25) is 4.93 Å². The predicted octanol–water partition coefficient (Wildman–Crippen LogP) is 2.55. The summed E-state index contributed by atoms with van der Waals surface area (Å²) in [5.41, 5.74) is 0.474. The van der Waals surface area contributed by atoms with Gasteiger partial charge in [0.1, 0.15) is 0 Å². The number of hydrogen-bond acceptors (Lipinski definition) is 6. The number of pyridine rings is 1. The van der Waals surface area contributed by atoms with E-state index in [0.29, 0.717) is 5.69 Å². The van der Waals surface area contributed by atoms with Crippen LogP contribution < -0.4 is 0 Å². The Morgan fingerprint density at radius 3 is 2.62 bits per heavy atom. The van der Waals surface area contributed by atoms with Crippen molar-refractivity contribution in [1.29, 1.82) is 0 Å². The highest BCUT2D eigenvalue weighted by molar-refractivity contribution is 8.76.